The molecule has 0 aliphatic carbocycles. The van der Waals surface area contributed by atoms with E-state index in [1.165, 1.54) is 44.9 Å². The van der Waals surface area contributed by atoms with Gasteiger partial charge >= 0.3 is 10.4 Å². The zero-order chi connectivity index (χ0) is 13.0. The molecule has 16 heavy (non-hydrogen) atoms. The summed E-state index contributed by atoms with van der Waals surface area (Å²) in [5.41, 5.74) is 0. The van der Waals surface area contributed by atoms with Gasteiger partial charge in [0.25, 0.3) is 0 Å². The first-order valence-corrected chi connectivity index (χ1v) is 7.44. The maximum absolute atomic E-state index is 8.74. The monoisotopic (exact) mass is 254 g/mol. The van der Waals surface area contributed by atoms with Crippen LogP contribution >= 0.6 is 0 Å². The Kier molecular flexibility index (Phi) is 12.9. The average molecular weight is 254 g/mol. The lowest BCUT2D eigenvalue weighted by Gasteiger charge is -2.12. The molecule has 0 aromatic heterocycles. The van der Waals surface area contributed by atoms with E-state index >= 15 is 0 Å². The molecular formula is C11H26O4S. The number of unbranched alkanes of at least 4 members (excludes halogenated alkanes) is 2. The lowest BCUT2D eigenvalue weighted by atomic mass is 9.94. The van der Waals surface area contributed by atoms with Gasteiger partial charge in [0.05, 0.1) is 0 Å². The topological polar surface area (TPSA) is 74.6 Å². The lowest BCUT2D eigenvalue weighted by molar-refractivity contribution is 0.381. The van der Waals surface area contributed by atoms with Gasteiger partial charge in [-0.1, -0.05) is 65.7 Å². The normalized spacial score (nSPS) is 11.1. The largest absolute Gasteiger partial charge is 0.394 e. The van der Waals surface area contributed by atoms with Crippen LogP contribution in [0.15, 0.2) is 0 Å². The molecule has 0 radical (unpaired) electrons. The quantitative estimate of drug-likeness (QED) is 0.679. The molecule has 4 nitrogen and oxygen atoms in total. The van der Waals surface area contributed by atoms with Gasteiger partial charge in [0, 0.05) is 0 Å². The van der Waals surface area contributed by atoms with Crippen LogP contribution in [0, 0.1) is 5.92 Å². The molecule has 0 atom stereocenters. The van der Waals surface area contributed by atoms with Crippen molar-refractivity contribution in [2.45, 2.75) is 65.7 Å². The summed E-state index contributed by atoms with van der Waals surface area (Å²) in [6.07, 6.45) is 9.91. The fourth-order valence-electron chi connectivity index (χ4n) is 1.54. The molecule has 0 heterocycles. The standard InChI is InChI=1S/C11H24.H2O4S/c1-4-7-9-11(6-3)10-8-5-2;1-5(2,3)4/h11H,4-10H2,1-3H3;(H2,1,2,3,4). The lowest BCUT2D eigenvalue weighted by Crippen LogP contribution is -1.98. The van der Waals surface area contributed by atoms with Crippen LogP contribution in [0.3, 0.4) is 0 Å². The maximum atomic E-state index is 8.74. The Labute approximate surface area is 100 Å². The summed E-state index contributed by atoms with van der Waals surface area (Å²) in [4.78, 5) is 0. The summed E-state index contributed by atoms with van der Waals surface area (Å²) in [6.45, 7) is 6.90. The molecule has 0 amide bonds. The minimum absolute atomic E-state index is 1.02. The van der Waals surface area contributed by atoms with E-state index in [9.17, 15) is 0 Å². The molecule has 100 valence electrons. The van der Waals surface area contributed by atoms with Crippen LogP contribution in [-0.4, -0.2) is 17.5 Å². The summed E-state index contributed by atoms with van der Waals surface area (Å²) in [7, 11) is -4.67. The zero-order valence-corrected chi connectivity index (χ0v) is 11.5. The molecule has 0 spiro atoms. The second-order valence-electron chi connectivity index (χ2n) is 4.01. The molecule has 0 saturated carbocycles. The summed E-state index contributed by atoms with van der Waals surface area (Å²) < 4.78 is 31.6. The van der Waals surface area contributed by atoms with E-state index in [0.29, 0.717) is 0 Å². The fourth-order valence-corrected chi connectivity index (χ4v) is 1.54. The van der Waals surface area contributed by atoms with Gasteiger partial charge in [-0.3, -0.25) is 9.11 Å². The van der Waals surface area contributed by atoms with E-state index in [4.69, 9.17) is 17.5 Å². The van der Waals surface area contributed by atoms with Crippen molar-refractivity contribution in [2.75, 3.05) is 0 Å². The summed E-state index contributed by atoms with van der Waals surface area (Å²) in [6, 6.07) is 0. The molecule has 0 rings (SSSR count). The van der Waals surface area contributed by atoms with Gasteiger partial charge in [-0.05, 0) is 5.92 Å². The molecule has 0 saturated heterocycles. The van der Waals surface area contributed by atoms with Crippen LogP contribution in [-0.2, 0) is 10.4 Å². The minimum atomic E-state index is -4.67. The number of hydrogen-bond donors (Lipinski definition) is 2. The van der Waals surface area contributed by atoms with Gasteiger partial charge < -0.3 is 0 Å². The highest BCUT2D eigenvalue weighted by Gasteiger charge is 2.03. The van der Waals surface area contributed by atoms with Gasteiger partial charge in [-0.15, -0.1) is 0 Å². The van der Waals surface area contributed by atoms with Crippen LogP contribution in [0.2, 0.25) is 0 Å². The highest BCUT2D eigenvalue weighted by Crippen LogP contribution is 2.18. The third-order valence-corrected chi connectivity index (χ3v) is 2.51. The van der Waals surface area contributed by atoms with E-state index in [0.717, 1.165) is 5.92 Å². The van der Waals surface area contributed by atoms with E-state index in [1.807, 2.05) is 0 Å². The maximum Gasteiger partial charge on any atom is 0.394 e. The van der Waals surface area contributed by atoms with Gasteiger partial charge in [0.1, 0.15) is 0 Å². The Morgan fingerprint density at radius 1 is 0.938 bits per heavy atom. The first-order chi connectivity index (χ1) is 7.35. The third kappa shape index (κ3) is 23.6. The number of rotatable bonds is 7. The van der Waals surface area contributed by atoms with Crippen molar-refractivity contribution >= 4 is 10.4 Å². The first-order valence-electron chi connectivity index (χ1n) is 6.04. The molecule has 0 aliphatic rings. The molecule has 0 aliphatic heterocycles. The smallest absolute Gasteiger partial charge is 0.264 e. The third-order valence-electron chi connectivity index (χ3n) is 2.51. The molecule has 0 fully saturated rings. The average Bonchev–Trinajstić information content (AvgIpc) is 2.16. The van der Waals surface area contributed by atoms with Gasteiger partial charge in [-0.25, -0.2) is 0 Å². The predicted molar refractivity (Wildman–Crippen MR) is 67.0 cm³/mol. The van der Waals surface area contributed by atoms with Crippen molar-refractivity contribution in [3.8, 4) is 0 Å². The van der Waals surface area contributed by atoms with E-state index in [-0.39, 0.29) is 0 Å². The molecule has 0 aromatic rings. The molecule has 2 N–H and O–H groups in total. The highest BCUT2D eigenvalue weighted by molar-refractivity contribution is 7.79. The van der Waals surface area contributed by atoms with Crippen LogP contribution in [0.5, 0.6) is 0 Å². The van der Waals surface area contributed by atoms with Crippen LogP contribution in [0.4, 0.5) is 0 Å². The van der Waals surface area contributed by atoms with E-state index in [2.05, 4.69) is 20.8 Å². The van der Waals surface area contributed by atoms with E-state index < -0.39 is 10.4 Å². The Balaban J connectivity index is 0. The Morgan fingerprint density at radius 3 is 1.44 bits per heavy atom. The molecular weight excluding hydrogens is 228 g/mol. The van der Waals surface area contributed by atoms with Crippen molar-refractivity contribution in [1.82, 2.24) is 0 Å². The second kappa shape index (κ2) is 11.4. The first kappa shape index (κ1) is 18.2. The molecule has 0 unspecified atom stereocenters. The zero-order valence-electron chi connectivity index (χ0n) is 10.6. The van der Waals surface area contributed by atoms with E-state index in [1.54, 1.807) is 0 Å². The SMILES string of the molecule is CCCCC(CC)CCCC.O=S(=O)(O)O. The minimum Gasteiger partial charge on any atom is -0.264 e. The molecule has 5 heteroatoms. The highest BCUT2D eigenvalue weighted by atomic mass is 32.3. The van der Waals surface area contributed by atoms with Crippen molar-refractivity contribution < 1.29 is 17.5 Å². The Hall–Kier alpha value is -0.130. The predicted octanol–water partition coefficient (Wildman–Crippen LogP) is 3.74. The van der Waals surface area contributed by atoms with Crippen LogP contribution in [0.25, 0.3) is 0 Å². The summed E-state index contributed by atoms with van der Waals surface area (Å²) in [5, 5.41) is 0. The van der Waals surface area contributed by atoms with Crippen LogP contribution < -0.4 is 0 Å². The van der Waals surface area contributed by atoms with Crippen molar-refractivity contribution in [2.24, 2.45) is 5.92 Å². The summed E-state index contributed by atoms with van der Waals surface area (Å²) in [5.74, 6) is 1.02. The second-order valence-corrected chi connectivity index (χ2v) is 4.90. The molecule has 0 bridgehead atoms. The Morgan fingerprint density at radius 2 is 1.25 bits per heavy atom. The van der Waals surface area contributed by atoms with Crippen molar-refractivity contribution in [3.05, 3.63) is 0 Å². The summed E-state index contributed by atoms with van der Waals surface area (Å²) >= 11 is 0. The van der Waals surface area contributed by atoms with Crippen LogP contribution in [0.1, 0.15) is 65.7 Å². The number of hydrogen-bond acceptors (Lipinski definition) is 2. The Bertz CT molecular complexity index is 208. The van der Waals surface area contributed by atoms with Gasteiger partial charge in [0.2, 0.25) is 0 Å². The van der Waals surface area contributed by atoms with Crippen molar-refractivity contribution in [1.29, 1.82) is 0 Å². The molecule has 0 aromatic carbocycles. The van der Waals surface area contributed by atoms with Crippen molar-refractivity contribution in [3.63, 3.8) is 0 Å². The van der Waals surface area contributed by atoms with Gasteiger partial charge in [-0.2, -0.15) is 8.42 Å². The fraction of sp³-hybridized carbons (Fsp3) is 1.00. The van der Waals surface area contributed by atoms with Gasteiger partial charge in [0.15, 0.2) is 0 Å².